The van der Waals surface area contributed by atoms with Crippen molar-refractivity contribution in [3.05, 3.63) is 68.1 Å². The van der Waals surface area contributed by atoms with E-state index in [2.05, 4.69) is 22.6 Å². The van der Waals surface area contributed by atoms with Crippen LogP contribution in [0.2, 0.25) is 5.02 Å². The van der Waals surface area contributed by atoms with Crippen molar-refractivity contribution in [1.29, 1.82) is 0 Å². The number of fused-ring (bicyclic) bond motifs is 1. The topological polar surface area (TPSA) is 95.1 Å². The van der Waals surface area contributed by atoms with Gasteiger partial charge in [-0.1, -0.05) is 23.7 Å². The fourth-order valence-electron chi connectivity index (χ4n) is 3.84. The number of benzene rings is 2. The molecule has 1 aliphatic heterocycles. The molecule has 4 N–H and O–H groups in total. The highest BCUT2D eigenvalue weighted by Gasteiger charge is 2.44. The number of hydrogen-bond donors (Lipinski definition) is 4. The standard InChI is InChI=1S/C21H20ClFINO5/c22-17-13(23)5-6-14-16(17)11(7-10-1-3-12(24)4-2-10)8-25(14)21-20(29)19(28)18(27)15(9-26)30-21/h1-6,8,15,18-21,26-29H,7,9H2/t15-,18-,19+,20-,21-/m1/s1. The second-order valence-corrected chi connectivity index (χ2v) is 8.96. The van der Waals surface area contributed by atoms with Crippen LogP contribution in [0.1, 0.15) is 17.4 Å². The first-order chi connectivity index (χ1) is 14.3. The summed E-state index contributed by atoms with van der Waals surface area (Å²) in [5.41, 5.74) is 2.21. The highest BCUT2D eigenvalue weighted by atomic mass is 127. The van der Waals surface area contributed by atoms with Crippen molar-refractivity contribution in [1.82, 2.24) is 4.57 Å². The van der Waals surface area contributed by atoms with E-state index in [1.807, 2.05) is 24.3 Å². The summed E-state index contributed by atoms with van der Waals surface area (Å²) in [6.07, 6.45) is -4.45. The van der Waals surface area contributed by atoms with Gasteiger partial charge in [-0.2, -0.15) is 0 Å². The molecule has 0 amide bonds. The number of aromatic nitrogens is 1. The lowest BCUT2D eigenvalue weighted by atomic mass is 9.98. The van der Waals surface area contributed by atoms with Gasteiger partial charge in [0.1, 0.15) is 30.2 Å². The fourth-order valence-corrected chi connectivity index (χ4v) is 4.48. The first-order valence-electron chi connectivity index (χ1n) is 9.34. The van der Waals surface area contributed by atoms with E-state index in [0.29, 0.717) is 22.9 Å². The molecule has 160 valence electrons. The van der Waals surface area contributed by atoms with Gasteiger partial charge in [-0.05, 0) is 64.4 Å². The summed E-state index contributed by atoms with van der Waals surface area (Å²) < 4.78 is 22.6. The molecule has 5 atom stereocenters. The van der Waals surface area contributed by atoms with Crippen LogP contribution in [0.5, 0.6) is 0 Å². The Morgan fingerprint density at radius 1 is 1.03 bits per heavy atom. The maximum atomic E-state index is 14.2. The average Bonchev–Trinajstić information content (AvgIpc) is 3.09. The van der Waals surface area contributed by atoms with Crippen LogP contribution in [-0.2, 0) is 11.2 Å². The smallest absolute Gasteiger partial charge is 0.163 e. The Hall–Kier alpha value is -1.27. The SMILES string of the molecule is OC[C@H]1O[C@@H](n2cc(Cc3ccc(I)cc3)c3c(Cl)c(F)ccc32)[C@H](O)[C@@H](O)[C@@H]1O. The number of halogens is 3. The maximum Gasteiger partial charge on any atom is 0.163 e. The Morgan fingerprint density at radius 3 is 2.40 bits per heavy atom. The molecule has 9 heteroatoms. The summed E-state index contributed by atoms with van der Waals surface area (Å²) >= 11 is 8.51. The molecule has 0 aliphatic carbocycles. The number of nitrogens with zero attached hydrogens (tertiary/aromatic N) is 1. The third kappa shape index (κ3) is 3.86. The van der Waals surface area contributed by atoms with E-state index in [-0.39, 0.29) is 5.02 Å². The van der Waals surface area contributed by atoms with Crippen LogP contribution in [-0.4, -0.2) is 56.0 Å². The van der Waals surface area contributed by atoms with Crippen LogP contribution in [0.4, 0.5) is 4.39 Å². The molecule has 2 aromatic carbocycles. The van der Waals surface area contributed by atoms with Crippen molar-refractivity contribution in [3.8, 4) is 0 Å². The van der Waals surface area contributed by atoms with Gasteiger partial charge in [0.05, 0.1) is 17.1 Å². The maximum absolute atomic E-state index is 14.2. The summed E-state index contributed by atoms with van der Waals surface area (Å²) in [5.74, 6) is -0.570. The minimum absolute atomic E-state index is 0.0450. The van der Waals surface area contributed by atoms with Crippen LogP contribution < -0.4 is 0 Å². The molecule has 0 spiro atoms. The molecule has 6 nitrogen and oxygen atoms in total. The van der Waals surface area contributed by atoms with Gasteiger partial charge in [0.15, 0.2) is 6.23 Å². The van der Waals surface area contributed by atoms with Crippen molar-refractivity contribution < 1.29 is 29.6 Å². The number of ether oxygens (including phenoxy) is 1. The van der Waals surface area contributed by atoms with Crippen LogP contribution in [0.3, 0.4) is 0 Å². The summed E-state index contributed by atoms with van der Waals surface area (Å²) in [5, 5.41) is 40.7. The van der Waals surface area contributed by atoms with E-state index in [4.69, 9.17) is 16.3 Å². The Balaban J connectivity index is 1.82. The van der Waals surface area contributed by atoms with Crippen LogP contribution in [0, 0.1) is 9.39 Å². The summed E-state index contributed by atoms with van der Waals surface area (Å²) in [6.45, 7) is -0.536. The number of hydrogen-bond acceptors (Lipinski definition) is 5. The quantitative estimate of drug-likeness (QED) is 0.377. The summed E-state index contributed by atoms with van der Waals surface area (Å²) in [6, 6.07) is 10.6. The zero-order valence-corrected chi connectivity index (χ0v) is 18.5. The van der Waals surface area contributed by atoms with E-state index in [9.17, 15) is 24.8 Å². The average molecular weight is 548 g/mol. The molecule has 3 aromatic rings. The predicted molar refractivity (Wildman–Crippen MR) is 118 cm³/mol. The number of rotatable bonds is 4. The zero-order chi connectivity index (χ0) is 21.6. The molecule has 4 rings (SSSR count). The molecule has 1 aromatic heterocycles. The lowest BCUT2D eigenvalue weighted by Gasteiger charge is -2.40. The third-order valence-corrected chi connectivity index (χ3v) is 6.50. The van der Waals surface area contributed by atoms with E-state index in [1.165, 1.54) is 12.1 Å². The van der Waals surface area contributed by atoms with Crippen LogP contribution in [0.15, 0.2) is 42.6 Å². The van der Waals surface area contributed by atoms with Gasteiger partial charge in [0.2, 0.25) is 0 Å². The van der Waals surface area contributed by atoms with E-state index in [0.717, 1.165) is 9.13 Å². The summed E-state index contributed by atoms with van der Waals surface area (Å²) in [4.78, 5) is 0. The van der Waals surface area contributed by atoms with Gasteiger partial charge in [0.25, 0.3) is 0 Å². The number of aliphatic hydroxyl groups excluding tert-OH is 4. The monoisotopic (exact) mass is 547 g/mol. The van der Waals surface area contributed by atoms with Crippen molar-refractivity contribution >= 4 is 45.1 Å². The second-order valence-electron chi connectivity index (χ2n) is 7.34. The Kier molecular flexibility index (Phi) is 6.36. The van der Waals surface area contributed by atoms with Gasteiger partial charge < -0.3 is 29.7 Å². The third-order valence-electron chi connectivity index (χ3n) is 5.42. The molecule has 0 radical (unpaired) electrons. The van der Waals surface area contributed by atoms with Gasteiger partial charge in [-0.25, -0.2) is 4.39 Å². The van der Waals surface area contributed by atoms with Crippen molar-refractivity contribution in [2.45, 2.75) is 37.1 Å². The minimum Gasteiger partial charge on any atom is -0.394 e. The van der Waals surface area contributed by atoms with Gasteiger partial charge in [-0.15, -0.1) is 0 Å². The Labute approximate surface area is 190 Å². The molecule has 0 unspecified atom stereocenters. The first-order valence-corrected chi connectivity index (χ1v) is 10.8. The normalized spacial score (nSPS) is 27.0. The Morgan fingerprint density at radius 2 is 1.73 bits per heavy atom. The summed E-state index contributed by atoms with van der Waals surface area (Å²) in [7, 11) is 0. The Bertz CT molecular complexity index is 1060. The van der Waals surface area contributed by atoms with Crippen LogP contribution >= 0.6 is 34.2 Å². The molecule has 0 saturated carbocycles. The molecule has 2 heterocycles. The van der Waals surface area contributed by atoms with E-state index < -0.39 is 43.1 Å². The van der Waals surface area contributed by atoms with E-state index >= 15 is 0 Å². The van der Waals surface area contributed by atoms with Gasteiger partial charge >= 0.3 is 0 Å². The lowest BCUT2D eigenvalue weighted by molar-refractivity contribution is -0.250. The molecular weight excluding hydrogens is 528 g/mol. The predicted octanol–water partition coefficient (Wildman–Crippen LogP) is 2.60. The lowest BCUT2D eigenvalue weighted by Crippen LogP contribution is -2.56. The molecular formula is C21H20ClFINO5. The van der Waals surface area contributed by atoms with Crippen molar-refractivity contribution in [2.75, 3.05) is 6.61 Å². The molecule has 1 aliphatic rings. The van der Waals surface area contributed by atoms with E-state index in [1.54, 1.807) is 10.8 Å². The zero-order valence-electron chi connectivity index (χ0n) is 15.6. The molecule has 0 bridgehead atoms. The van der Waals surface area contributed by atoms with Crippen LogP contribution in [0.25, 0.3) is 10.9 Å². The minimum atomic E-state index is -1.52. The second kappa shape index (κ2) is 8.70. The highest BCUT2D eigenvalue weighted by Crippen LogP contribution is 2.37. The van der Waals surface area contributed by atoms with Crippen molar-refractivity contribution in [3.63, 3.8) is 0 Å². The highest BCUT2D eigenvalue weighted by molar-refractivity contribution is 14.1. The molecule has 30 heavy (non-hydrogen) atoms. The molecule has 1 fully saturated rings. The molecule has 1 saturated heterocycles. The van der Waals surface area contributed by atoms with Gasteiger partial charge in [0, 0.05) is 15.2 Å². The fraction of sp³-hybridized carbons (Fsp3) is 0.333. The first kappa shape index (κ1) is 21.9. The van der Waals surface area contributed by atoms with Crippen molar-refractivity contribution in [2.24, 2.45) is 0 Å². The largest absolute Gasteiger partial charge is 0.394 e. The van der Waals surface area contributed by atoms with Gasteiger partial charge in [-0.3, -0.25) is 0 Å². The number of aliphatic hydroxyl groups is 4.